The molecule has 2 nitrogen and oxygen atoms in total. The van der Waals surface area contributed by atoms with Gasteiger partial charge in [0.25, 0.3) is 0 Å². The number of nitrogens with zero attached hydrogens (tertiary/aromatic N) is 1. The number of rotatable bonds is 2. The summed E-state index contributed by atoms with van der Waals surface area (Å²) in [6.45, 7) is 6.10. The summed E-state index contributed by atoms with van der Waals surface area (Å²) >= 11 is 3.48. The van der Waals surface area contributed by atoms with Crippen LogP contribution in [0.2, 0.25) is 0 Å². The van der Waals surface area contributed by atoms with Crippen LogP contribution < -0.4 is 5.32 Å². The largest absolute Gasteiger partial charge is 0.316 e. The Balaban J connectivity index is 1.62. The average molecular weight is 281 g/mol. The maximum atomic E-state index is 3.48. The highest BCUT2D eigenvalue weighted by Gasteiger charge is 2.35. The van der Waals surface area contributed by atoms with Gasteiger partial charge in [-0.3, -0.25) is 4.90 Å². The van der Waals surface area contributed by atoms with Crippen molar-refractivity contribution in [3.05, 3.63) is 34.3 Å². The standard InChI is InChI=1S/C13H17BrN2/c14-13-3-1-10(2-4-13)7-16-8-11-5-15-6-12(11)9-16/h1-4,11-12,15H,5-9H2/t11-,12+. The van der Waals surface area contributed by atoms with Crippen LogP contribution in [0.3, 0.4) is 0 Å². The SMILES string of the molecule is Brc1ccc(CN2C[C@H]3CNC[C@H]3C2)cc1. The van der Waals surface area contributed by atoms with Crippen LogP contribution in [0.25, 0.3) is 0 Å². The molecule has 1 aromatic carbocycles. The van der Waals surface area contributed by atoms with Gasteiger partial charge in [0.1, 0.15) is 0 Å². The predicted molar refractivity (Wildman–Crippen MR) is 69.3 cm³/mol. The first-order chi connectivity index (χ1) is 7.81. The zero-order chi connectivity index (χ0) is 11.0. The molecule has 0 bridgehead atoms. The Morgan fingerprint density at radius 1 is 1.12 bits per heavy atom. The summed E-state index contributed by atoms with van der Waals surface area (Å²) in [5.41, 5.74) is 1.43. The molecule has 2 aliphatic heterocycles. The number of halogens is 1. The number of hydrogen-bond donors (Lipinski definition) is 1. The van der Waals surface area contributed by atoms with Crippen LogP contribution in [0.4, 0.5) is 0 Å². The van der Waals surface area contributed by atoms with Crippen molar-refractivity contribution in [1.29, 1.82) is 0 Å². The number of fused-ring (bicyclic) bond motifs is 1. The Labute approximate surface area is 105 Å². The van der Waals surface area contributed by atoms with Gasteiger partial charge in [-0.05, 0) is 42.6 Å². The first-order valence-corrected chi connectivity index (χ1v) is 6.78. The zero-order valence-corrected chi connectivity index (χ0v) is 10.9. The van der Waals surface area contributed by atoms with E-state index in [1.54, 1.807) is 0 Å². The molecule has 1 aromatic rings. The molecule has 0 spiro atoms. The van der Waals surface area contributed by atoms with E-state index in [0.717, 1.165) is 18.4 Å². The number of hydrogen-bond acceptors (Lipinski definition) is 2. The van der Waals surface area contributed by atoms with E-state index in [1.807, 2.05) is 0 Å². The summed E-state index contributed by atoms with van der Waals surface area (Å²) < 4.78 is 1.17. The van der Waals surface area contributed by atoms with E-state index in [1.165, 1.54) is 36.2 Å². The highest BCUT2D eigenvalue weighted by Crippen LogP contribution is 2.27. The summed E-state index contributed by atoms with van der Waals surface area (Å²) in [6, 6.07) is 8.70. The molecule has 0 radical (unpaired) electrons. The predicted octanol–water partition coefficient (Wildman–Crippen LogP) is 2.10. The van der Waals surface area contributed by atoms with Crippen molar-refractivity contribution in [3.63, 3.8) is 0 Å². The van der Waals surface area contributed by atoms with Crippen LogP contribution >= 0.6 is 15.9 Å². The van der Waals surface area contributed by atoms with Crippen molar-refractivity contribution < 1.29 is 0 Å². The highest BCUT2D eigenvalue weighted by molar-refractivity contribution is 9.10. The molecule has 86 valence electrons. The first kappa shape index (κ1) is 10.8. The van der Waals surface area contributed by atoms with E-state index in [9.17, 15) is 0 Å². The maximum Gasteiger partial charge on any atom is 0.0234 e. The minimum absolute atomic E-state index is 0.899. The third kappa shape index (κ3) is 2.17. The topological polar surface area (TPSA) is 15.3 Å². The van der Waals surface area contributed by atoms with Gasteiger partial charge >= 0.3 is 0 Å². The molecular formula is C13H17BrN2. The van der Waals surface area contributed by atoms with Crippen molar-refractivity contribution in [2.75, 3.05) is 26.2 Å². The van der Waals surface area contributed by atoms with Gasteiger partial charge in [0.2, 0.25) is 0 Å². The van der Waals surface area contributed by atoms with E-state index in [-0.39, 0.29) is 0 Å². The smallest absolute Gasteiger partial charge is 0.0234 e. The molecule has 1 N–H and O–H groups in total. The molecule has 0 saturated carbocycles. The maximum absolute atomic E-state index is 3.48. The van der Waals surface area contributed by atoms with Crippen LogP contribution in [-0.4, -0.2) is 31.1 Å². The van der Waals surface area contributed by atoms with Crippen molar-refractivity contribution in [3.8, 4) is 0 Å². The molecule has 2 aliphatic rings. The molecule has 2 atom stereocenters. The van der Waals surface area contributed by atoms with E-state index in [0.29, 0.717) is 0 Å². The lowest BCUT2D eigenvalue weighted by Gasteiger charge is -2.16. The molecule has 0 amide bonds. The second kappa shape index (κ2) is 4.47. The summed E-state index contributed by atoms with van der Waals surface area (Å²) in [6.07, 6.45) is 0. The summed E-state index contributed by atoms with van der Waals surface area (Å²) in [5.74, 6) is 1.80. The fraction of sp³-hybridized carbons (Fsp3) is 0.538. The molecule has 0 unspecified atom stereocenters. The molecule has 0 aliphatic carbocycles. The summed E-state index contributed by atoms with van der Waals surface area (Å²) in [4.78, 5) is 2.60. The Hall–Kier alpha value is -0.380. The van der Waals surface area contributed by atoms with Gasteiger partial charge in [-0.2, -0.15) is 0 Å². The Morgan fingerprint density at radius 2 is 1.75 bits per heavy atom. The van der Waals surface area contributed by atoms with Gasteiger partial charge in [0.05, 0.1) is 0 Å². The number of likely N-dealkylation sites (tertiary alicyclic amines) is 1. The van der Waals surface area contributed by atoms with Crippen molar-refractivity contribution >= 4 is 15.9 Å². The third-order valence-electron chi connectivity index (χ3n) is 3.78. The first-order valence-electron chi connectivity index (χ1n) is 5.99. The molecule has 0 aromatic heterocycles. The second-order valence-electron chi connectivity index (χ2n) is 5.00. The van der Waals surface area contributed by atoms with Crippen molar-refractivity contribution in [2.24, 2.45) is 11.8 Å². The molecule has 2 fully saturated rings. The monoisotopic (exact) mass is 280 g/mol. The third-order valence-corrected chi connectivity index (χ3v) is 4.31. The van der Waals surface area contributed by atoms with E-state index < -0.39 is 0 Å². The summed E-state index contributed by atoms with van der Waals surface area (Å²) in [5, 5.41) is 3.48. The normalized spacial score (nSPS) is 29.6. The van der Waals surface area contributed by atoms with Gasteiger partial charge in [-0.15, -0.1) is 0 Å². The van der Waals surface area contributed by atoms with Gasteiger partial charge in [0, 0.05) is 24.1 Å². The fourth-order valence-corrected chi connectivity index (χ4v) is 3.19. The van der Waals surface area contributed by atoms with Crippen LogP contribution in [0.5, 0.6) is 0 Å². The van der Waals surface area contributed by atoms with E-state index in [4.69, 9.17) is 0 Å². The van der Waals surface area contributed by atoms with E-state index in [2.05, 4.69) is 50.4 Å². The number of benzene rings is 1. The second-order valence-corrected chi connectivity index (χ2v) is 5.91. The summed E-state index contributed by atoms with van der Waals surface area (Å²) in [7, 11) is 0. The molecule has 16 heavy (non-hydrogen) atoms. The minimum Gasteiger partial charge on any atom is -0.316 e. The van der Waals surface area contributed by atoms with Crippen LogP contribution in [0, 0.1) is 11.8 Å². The van der Waals surface area contributed by atoms with Gasteiger partial charge in [-0.1, -0.05) is 28.1 Å². The Bertz CT molecular complexity index is 351. The lowest BCUT2D eigenvalue weighted by molar-refractivity contribution is 0.305. The van der Waals surface area contributed by atoms with Crippen LogP contribution in [-0.2, 0) is 6.54 Å². The zero-order valence-electron chi connectivity index (χ0n) is 9.32. The molecule has 2 saturated heterocycles. The van der Waals surface area contributed by atoms with Crippen LogP contribution in [0.1, 0.15) is 5.56 Å². The molecule has 3 rings (SSSR count). The lowest BCUT2D eigenvalue weighted by Crippen LogP contribution is -2.25. The van der Waals surface area contributed by atoms with Crippen molar-refractivity contribution in [2.45, 2.75) is 6.54 Å². The molecule has 3 heteroatoms. The van der Waals surface area contributed by atoms with Crippen LogP contribution in [0.15, 0.2) is 28.7 Å². The Kier molecular flexibility index (Phi) is 3.01. The van der Waals surface area contributed by atoms with Gasteiger partial charge < -0.3 is 5.32 Å². The fourth-order valence-electron chi connectivity index (χ4n) is 2.93. The van der Waals surface area contributed by atoms with Crippen molar-refractivity contribution in [1.82, 2.24) is 10.2 Å². The Morgan fingerprint density at radius 3 is 2.38 bits per heavy atom. The quantitative estimate of drug-likeness (QED) is 0.893. The minimum atomic E-state index is 0.899. The number of nitrogens with one attached hydrogen (secondary N) is 1. The average Bonchev–Trinajstić information content (AvgIpc) is 2.81. The highest BCUT2D eigenvalue weighted by atomic mass is 79.9. The van der Waals surface area contributed by atoms with Gasteiger partial charge in [-0.25, -0.2) is 0 Å². The molecule has 2 heterocycles. The lowest BCUT2D eigenvalue weighted by atomic mass is 10.0. The molecular weight excluding hydrogens is 264 g/mol. The van der Waals surface area contributed by atoms with Gasteiger partial charge in [0.15, 0.2) is 0 Å². The van der Waals surface area contributed by atoms with E-state index >= 15 is 0 Å².